The van der Waals surface area contributed by atoms with Crippen LogP contribution >= 0.6 is 11.3 Å². The number of carbonyl (C=O) groups excluding carboxylic acids is 1. The summed E-state index contributed by atoms with van der Waals surface area (Å²) in [6, 6.07) is 5.76. The van der Waals surface area contributed by atoms with Gasteiger partial charge in [-0.05, 0) is 49.4 Å². The number of benzene rings is 1. The van der Waals surface area contributed by atoms with E-state index in [-0.39, 0.29) is 5.97 Å². The summed E-state index contributed by atoms with van der Waals surface area (Å²) in [5.41, 5.74) is 4.15. The van der Waals surface area contributed by atoms with Crippen molar-refractivity contribution >= 4 is 29.0 Å². The van der Waals surface area contributed by atoms with Gasteiger partial charge in [0.1, 0.15) is 12.4 Å². The van der Waals surface area contributed by atoms with Gasteiger partial charge >= 0.3 is 5.97 Å². The van der Waals surface area contributed by atoms with Gasteiger partial charge in [-0.25, -0.2) is 4.79 Å². The smallest absolute Gasteiger partial charge is 0.339 e. The number of esters is 1. The molecule has 0 saturated carbocycles. The molecular weight excluding hydrogens is 400 g/mol. The van der Waals surface area contributed by atoms with E-state index in [0.717, 1.165) is 32.9 Å². The maximum absolute atomic E-state index is 12.3. The lowest BCUT2D eigenvalue weighted by molar-refractivity contribution is -0.136. The van der Waals surface area contributed by atoms with Crippen LogP contribution < -0.4 is 4.74 Å². The summed E-state index contributed by atoms with van der Waals surface area (Å²) in [7, 11) is 0. The largest absolute Gasteiger partial charge is 0.489 e. The van der Waals surface area contributed by atoms with E-state index in [1.54, 1.807) is 26.0 Å². The van der Waals surface area contributed by atoms with E-state index in [1.807, 2.05) is 37.4 Å². The van der Waals surface area contributed by atoms with Crippen molar-refractivity contribution in [1.82, 2.24) is 10.2 Å². The van der Waals surface area contributed by atoms with Gasteiger partial charge in [-0.15, -0.1) is 21.5 Å². The van der Waals surface area contributed by atoms with Crippen LogP contribution in [-0.2, 0) is 16.1 Å². The number of carbonyl (C=O) groups is 1. The zero-order valence-corrected chi connectivity index (χ0v) is 18.3. The standard InChI is InChI=1S/C23H24N2O4S/c1-6-18-17(13-30-21(18)19(7-2)23(26)27-8-3)12-28-20-11-16(10-9-14(20)4)22-25-24-15(5)29-22/h6-7,9-11,13H,1,8,12H2,2-5H3/b19-7+. The molecule has 0 aliphatic carbocycles. The Morgan fingerprint density at radius 2 is 2.10 bits per heavy atom. The fourth-order valence-corrected chi connectivity index (χ4v) is 4.08. The quantitative estimate of drug-likeness (QED) is 0.346. The van der Waals surface area contributed by atoms with Crippen LogP contribution in [0.25, 0.3) is 23.1 Å². The monoisotopic (exact) mass is 424 g/mol. The third-order valence-corrected chi connectivity index (χ3v) is 5.56. The average Bonchev–Trinajstić information content (AvgIpc) is 3.34. The van der Waals surface area contributed by atoms with Gasteiger partial charge in [0.15, 0.2) is 0 Å². The SMILES string of the molecule is C=Cc1c(COc2cc(-c3nnc(C)o3)ccc2C)csc1/C(=C\C)C(=O)OCC. The Morgan fingerprint density at radius 1 is 1.30 bits per heavy atom. The van der Waals surface area contributed by atoms with E-state index in [9.17, 15) is 4.79 Å². The maximum Gasteiger partial charge on any atom is 0.339 e. The van der Waals surface area contributed by atoms with E-state index >= 15 is 0 Å². The molecule has 0 unspecified atom stereocenters. The number of ether oxygens (including phenoxy) is 2. The highest BCUT2D eigenvalue weighted by atomic mass is 32.1. The minimum absolute atomic E-state index is 0.329. The highest BCUT2D eigenvalue weighted by molar-refractivity contribution is 7.12. The molecule has 3 aromatic rings. The highest BCUT2D eigenvalue weighted by Gasteiger charge is 2.19. The number of thiophene rings is 1. The van der Waals surface area contributed by atoms with Gasteiger partial charge in [-0.3, -0.25) is 0 Å². The number of hydrogen-bond acceptors (Lipinski definition) is 7. The van der Waals surface area contributed by atoms with Gasteiger partial charge in [-0.1, -0.05) is 24.8 Å². The number of rotatable bonds is 8. The first-order valence-electron chi connectivity index (χ1n) is 9.59. The zero-order valence-electron chi connectivity index (χ0n) is 17.5. The van der Waals surface area contributed by atoms with Crippen molar-refractivity contribution < 1.29 is 18.7 Å². The summed E-state index contributed by atoms with van der Waals surface area (Å²) >= 11 is 1.48. The lowest BCUT2D eigenvalue weighted by atomic mass is 10.1. The van der Waals surface area contributed by atoms with Crippen molar-refractivity contribution in [3.05, 3.63) is 63.7 Å². The molecule has 0 saturated heterocycles. The normalized spacial score (nSPS) is 11.4. The van der Waals surface area contributed by atoms with E-state index in [0.29, 0.717) is 30.6 Å². The lowest BCUT2D eigenvalue weighted by Gasteiger charge is -2.11. The number of allylic oxidation sites excluding steroid dienone is 1. The van der Waals surface area contributed by atoms with Crippen LogP contribution in [-0.4, -0.2) is 22.8 Å². The molecule has 0 bridgehead atoms. The molecule has 0 fully saturated rings. The van der Waals surface area contributed by atoms with Gasteiger partial charge in [0.2, 0.25) is 11.8 Å². The van der Waals surface area contributed by atoms with Gasteiger partial charge < -0.3 is 13.9 Å². The van der Waals surface area contributed by atoms with E-state index in [1.165, 1.54) is 11.3 Å². The average molecular weight is 425 g/mol. The molecule has 0 spiro atoms. The van der Waals surface area contributed by atoms with Crippen molar-refractivity contribution in [1.29, 1.82) is 0 Å². The van der Waals surface area contributed by atoms with Crippen molar-refractivity contribution in [3.8, 4) is 17.2 Å². The maximum atomic E-state index is 12.3. The molecule has 30 heavy (non-hydrogen) atoms. The van der Waals surface area contributed by atoms with Crippen molar-refractivity contribution in [3.63, 3.8) is 0 Å². The molecule has 2 aromatic heterocycles. The third-order valence-electron chi connectivity index (χ3n) is 4.49. The summed E-state index contributed by atoms with van der Waals surface area (Å²) in [6.07, 6.45) is 3.51. The molecule has 0 radical (unpaired) electrons. The Kier molecular flexibility index (Phi) is 6.84. The van der Waals surface area contributed by atoms with Crippen molar-refractivity contribution in [2.75, 3.05) is 6.61 Å². The minimum atomic E-state index is -0.337. The molecule has 0 amide bonds. The zero-order chi connectivity index (χ0) is 21.7. The Hall–Kier alpha value is -3.19. The first-order valence-corrected chi connectivity index (χ1v) is 10.5. The second-order valence-electron chi connectivity index (χ2n) is 6.53. The molecule has 0 atom stereocenters. The molecule has 0 aliphatic rings. The Balaban J connectivity index is 1.84. The van der Waals surface area contributed by atoms with Crippen molar-refractivity contribution in [2.24, 2.45) is 0 Å². The molecule has 7 heteroatoms. The fourth-order valence-electron chi connectivity index (χ4n) is 2.95. The first kappa shape index (κ1) is 21.5. The van der Waals surface area contributed by atoms with Gasteiger partial charge in [0.05, 0.1) is 12.2 Å². The van der Waals surface area contributed by atoms with Crippen LogP contribution in [0, 0.1) is 13.8 Å². The second kappa shape index (κ2) is 9.54. The molecule has 0 aliphatic heterocycles. The van der Waals surface area contributed by atoms with Gasteiger partial charge in [-0.2, -0.15) is 0 Å². The van der Waals surface area contributed by atoms with E-state index in [2.05, 4.69) is 16.8 Å². The van der Waals surface area contributed by atoms with Crippen LogP contribution in [0.15, 0.2) is 40.7 Å². The second-order valence-corrected chi connectivity index (χ2v) is 7.41. The Bertz CT molecular complexity index is 1090. The molecular formula is C23H24N2O4S. The Morgan fingerprint density at radius 3 is 2.73 bits per heavy atom. The van der Waals surface area contributed by atoms with E-state index < -0.39 is 0 Å². The summed E-state index contributed by atoms with van der Waals surface area (Å²) in [4.78, 5) is 13.1. The van der Waals surface area contributed by atoms with Crippen LogP contribution in [0.1, 0.15) is 41.3 Å². The molecule has 156 valence electrons. The molecule has 1 aromatic carbocycles. The van der Waals surface area contributed by atoms with Gasteiger partial charge in [0, 0.05) is 22.9 Å². The lowest BCUT2D eigenvalue weighted by Crippen LogP contribution is -2.07. The van der Waals surface area contributed by atoms with Crippen LogP contribution in [0.5, 0.6) is 5.75 Å². The van der Waals surface area contributed by atoms with E-state index in [4.69, 9.17) is 13.9 Å². The predicted molar refractivity (Wildman–Crippen MR) is 118 cm³/mol. The number of hydrogen-bond donors (Lipinski definition) is 0. The molecule has 2 heterocycles. The summed E-state index contributed by atoms with van der Waals surface area (Å²) in [6.45, 7) is 11.9. The summed E-state index contributed by atoms with van der Waals surface area (Å²) < 4.78 is 16.8. The number of nitrogens with zero attached hydrogens (tertiary/aromatic N) is 2. The minimum Gasteiger partial charge on any atom is -0.489 e. The molecule has 0 N–H and O–H groups in total. The van der Waals surface area contributed by atoms with Crippen LogP contribution in [0.4, 0.5) is 0 Å². The first-order chi connectivity index (χ1) is 14.5. The summed E-state index contributed by atoms with van der Waals surface area (Å²) in [5.74, 6) is 1.35. The summed E-state index contributed by atoms with van der Waals surface area (Å²) in [5, 5.41) is 9.92. The number of aromatic nitrogens is 2. The number of aryl methyl sites for hydroxylation is 2. The molecule has 3 rings (SSSR count). The highest BCUT2D eigenvalue weighted by Crippen LogP contribution is 2.33. The predicted octanol–water partition coefficient (Wildman–Crippen LogP) is 5.60. The topological polar surface area (TPSA) is 74.5 Å². The molecule has 6 nitrogen and oxygen atoms in total. The van der Waals surface area contributed by atoms with Crippen LogP contribution in [0.3, 0.4) is 0 Å². The third kappa shape index (κ3) is 4.52. The van der Waals surface area contributed by atoms with Crippen molar-refractivity contribution in [2.45, 2.75) is 34.3 Å². The van der Waals surface area contributed by atoms with Crippen LogP contribution in [0.2, 0.25) is 0 Å². The fraction of sp³-hybridized carbons (Fsp3) is 0.261. The van der Waals surface area contributed by atoms with Gasteiger partial charge in [0.25, 0.3) is 0 Å². The Labute approximate surface area is 179 Å².